The summed E-state index contributed by atoms with van der Waals surface area (Å²) in [5.41, 5.74) is 8.73. The Hall–Kier alpha value is -3.12. The van der Waals surface area contributed by atoms with Crippen LogP contribution in [-0.4, -0.2) is 56.2 Å². The summed E-state index contributed by atoms with van der Waals surface area (Å²) < 4.78 is 72.9. The molecule has 1 fully saturated rings. The van der Waals surface area contributed by atoms with Gasteiger partial charge in [0.1, 0.15) is 0 Å². The van der Waals surface area contributed by atoms with E-state index in [9.17, 15) is 35.9 Å². The monoisotopic (exact) mass is 541 g/mol. The summed E-state index contributed by atoms with van der Waals surface area (Å²) in [7, 11) is 0. The van der Waals surface area contributed by atoms with Crippen molar-refractivity contribution in [2.24, 2.45) is 0 Å². The molecule has 0 amide bonds. The molecule has 1 saturated heterocycles. The van der Waals surface area contributed by atoms with Crippen LogP contribution < -0.4 is 15.1 Å². The Morgan fingerprint density at radius 3 is 2.16 bits per heavy atom. The summed E-state index contributed by atoms with van der Waals surface area (Å²) in [6, 6.07) is 14.4. The Morgan fingerprint density at radius 2 is 1.55 bits per heavy atom. The van der Waals surface area contributed by atoms with Gasteiger partial charge in [-0.2, -0.15) is 26.3 Å². The number of nitrogens with one attached hydrogen (secondary N) is 1. The molecule has 12 heteroatoms. The molecule has 4 aliphatic heterocycles. The molecule has 0 radical (unpaired) electrons. The van der Waals surface area contributed by atoms with Crippen molar-refractivity contribution in [1.82, 2.24) is 5.32 Å². The molecule has 6 nitrogen and oxygen atoms in total. The predicted octanol–water partition coefficient (Wildman–Crippen LogP) is 4.25. The molecule has 204 valence electrons. The van der Waals surface area contributed by atoms with Crippen LogP contribution in [-0.2, 0) is 34.0 Å². The molecule has 6 rings (SSSR count). The van der Waals surface area contributed by atoms with E-state index >= 15 is 0 Å². The van der Waals surface area contributed by atoms with Gasteiger partial charge in [-0.1, -0.05) is 24.3 Å². The number of ketones is 2. The lowest BCUT2D eigenvalue weighted by Crippen LogP contribution is -2.44. The van der Waals surface area contributed by atoms with Gasteiger partial charge in [-0.15, -0.1) is 0 Å². The van der Waals surface area contributed by atoms with Crippen molar-refractivity contribution in [1.29, 1.82) is 0 Å². The molecule has 38 heavy (non-hydrogen) atoms. The predicted molar refractivity (Wildman–Crippen MR) is 126 cm³/mol. The zero-order chi connectivity index (χ0) is 27.2. The number of carbonyl (C=O) groups is 2. The van der Waals surface area contributed by atoms with E-state index in [1.807, 2.05) is 0 Å². The maximum atomic E-state index is 11.2. The third-order valence-electron chi connectivity index (χ3n) is 7.40. The van der Waals surface area contributed by atoms with Gasteiger partial charge in [0, 0.05) is 55.1 Å². The maximum Gasteiger partial charge on any atom is 0.458 e. The second-order valence-corrected chi connectivity index (χ2v) is 9.73. The van der Waals surface area contributed by atoms with Crippen molar-refractivity contribution >= 4 is 22.9 Å². The van der Waals surface area contributed by atoms with Crippen LogP contribution in [0.2, 0.25) is 0 Å². The number of alkyl halides is 6. The van der Waals surface area contributed by atoms with Crippen molar-refractivity contribution in [2.75, 3.05) is 36.0 Å². The summed E-state index contributed by atoms with van der Waals surface area (Å²) in [6.45, 7) is 6.91. The molecule has 0 aromatic heterocycles. The van der Waals surface area contributed by atoms with Gasteiger partial charge in [0.2, 0.25) is 0 Å². The molecular weight excluding hydrogens is 516 g/mol. The summed E-state index contributed by atoms with van der Waals surface area (Å²) in [5, 5.41) is 3.63. The lowest BCUT2D eigenvalue weighted by molar-refractivity contribution is -0.193. The Balaban J connectivity index is 0.000000210. The molecule has 2 atom stereocenters. The van der Waals surface area contributed by atoms with Crippen LogP contribution in [0.1, 0.15) is 34.6 Å². The van der Waals surface area contributed by atoms with E-state index in [1.54, 1.807) is 5.56 Å². The van der Waals surface area contributed by atoms with Gasteiger partial charge in [-0.05, 0) is 41.8 Å². The highest BCUT2D eigenvalue weighted by atomic mass is 19.4. The number of anilines is 2. The standard InChI is InChI=1S/C22H25N3O.C4F6O2/c1-2-4-16-13-24(12-15(16)3-1)18-9-17-14-26-8-7-25-21-5-6-23-11-20(21)19(10-18)22(17)25;5-3(6,7)1(11)2(12)4(8,9)10/h1-4,9-10,20-21,23H,5-8,11-14H2;/t20-,21-;/m0./s1. The number of rotatable bonds is 2. The van der Waals surface area contributed by atoms with Crippen LogP contribution >= 0.6 is 0 Å². The van der Waals surface area contributed by atoms with Crippen LogP contribution in [0.5, 0.6) is 0 Å². The first-order valence-electron chi connectivity index (χ1n) is 12.2. The van der Waals surface area contributed by atoms with Gasteiger partial charge in [0.15, 0.2) is 0 Å². The first-order chi connectivity index (χ1) is 17.9. The first-order valence-corrected chi connectivity index (χ1v) is 12.2. The number of piperidine rings is 1. The summed E-state index contributed by atoms with van der Waals surface area (Å²) in [6.07, 6.45) is -10.3. The molecule has 1 N–H and O–H groups in total. The highest BCUT2D eigenvalue weighted by Gasteiger charge is 2.54. The fourth-order valence-corrected chi connectivity index (χ4v) is 5.72. The third-order valence-corrected chi connectivity index (χ3v) is 7.40. The van der Waals surface area contributed by atoms with Crippen LogP contribution in [0.15, 0.2) is 36.4 Å². The van der Waals surface area contributed by atoms with Gasteiger partial charge >= 0.3 is 23.9 Å². The van der Waals surface area contributed by atoms with E-state index in [0.717, 1.165) is 45.9 Å². The van der Waals surface area contributed by atoms with Crippen molar-refractivity contribution in [3.05, 3.63) is 58.7 Å². The number of hydrogen-bond acceptors (Lipinski definition) is 6. The Kier molecular flexibility index (Phi) is 6.89. The van der Waals surface area contributed by atoms with Crippen molar-refractivity contribution in [3.63, 3.8) is 0 Å². The normalized spacial score (nSPS) is 22.1. The number of carbonyl (C=O) groups excluding carboxylic acids is 2. The van der Waals surface area contributed by atoms with Crippen molar-refractivity contribution in [2.45, 2.75) is 50.4 Å². The number of nitrogens with zero attached hydrogens (tertiary/aromatic N) is 2. The van der Waals surface area contributed by atoms with Crippen molar-refractivity contribution in [3.8, 4) is 0 Å². The van der Waals surface area contributed by atoms with E-state index in [0.29, 0.717) is 12.0 Å². The second kappa shape index (κ2) is 9.88. The molecule has 4 heterocycles. The smallest absolute Gasteiger partial charge is 0.375 e. The molecule has 2 aromatic carbocycles. The van der Waals surface area contributed by atoms with Gasteiger partial charge in [0.25, 0.3) is 0 Å². The zero-order valence-electron chi connectivity index (χ0n) is 20.2. The van der Waals surface area contributed by atoms with Crippen LogP contribution in [0.4, 0.5) is 37.7 Å². The lowest BCUT2D eigenvalue weighted by atomic mass is 9.89. The van der Waals surface area contributed by atoms with Crippen LogP contribution in [0.25, 0.3) is 0 Å². The summed E-state index contributed by atoms with van der Waals surface area (Å²) in [4.78, 5) is 24.4. The molecule has 0 spiro atoms. The fourth-order valence-electron chi connectivity index (χ4n) is 5.72. The molecule has 0 aliphatic carbocycles. The van der Waals surface area contributed by atoms with Gasteiger partial charge < -0.3 is 19.9 Å². The summed E-state index contributed by atoms with van der Waals surface area (Å²) in [5.74, 6) is -6.19. The Bertz CT molecular complexity index is 1200. The number of halogens is 6. The number of ether oxygens (including phenoxy) is 1. The largest absolute Gasteiger partial charge is 0.458 e. The second-order valence-electron chi connectivity index (χ2n) is 9.73. The van der Waals surface area contributed by atoms with Gasteiger partial charge in [0.05, 0.1) is 13.2 Å². The number of hydrogen-bond donors (Lipinski definition) is 1. The fraction of sp³-hybridized carbons (Fsp3) is 0.462. The van der Waals surface area contributed by atoms with Gasteiger partial charge in [-0.25, -0.2) is 0 Å². The highest BCUT2D eigenvalue weighted by molar-refractivity contribution is 6.41. The number of fused-ring (bicyclic) bond motifs is 4. The number of Topliss-reactive ketones (excluding diaryl/α,β-unsaturated/α-hetero) is 2. The SMILES string of the molecule is O=C(C(=O)C(F)(F)F)C(F)(F)F.c1ccc2c(c1)CN(c1cc3c4c(c1)[C@@H]1CNCC[C@@H]1N4CCOC3)C2. The minimum atomic E-state index is -5.77. The lowest BCUT2D eigenvalue weighted by Gasteiger charge is -2.33. The average Bonchev–Trinajstić information content (AvgIpc) is 3.37. The molecule has 0 bridgehead atoms. The quantitative estimate of drug-likeness (QED) is 0.453. The minimum absolute atomic E-state index is 0.625. The topological polar surface area (TPSA) is 61.9 Å². The number of benzene rings is 2. The maximum absolute atomic E-state index is 11.2. The van der Waals surface area contributed by atoms with Gasteiger partial charge in [-0.3, -0.25) is 9.59 Å². The van der Waals surface area contributed by atoms with E-state index in [2.05, 4.69) is 51.5 Å². The average molecular weight is 541 g/mol. The first kappa shape index (κ1) is 26.5. The van der Waals surface area contributed by atoms with E-state index < -0.39 is 23.9 Å². The Morgan fingerprint density at radius 1 is 0.921 bits per heavy atom. The van der Waals surface area contributed by atoms with E-state index in [1.165, 1.54) is 34.5 Å². The molecule has 2 aromatic rings. The minimum Gasteiger partial charge on any atom is -0.375 e. The Labute approximate surface area is 214 Å². The summed E-state index contributed by atoms with van der Waals surface area (Å²) >= 11 is 0. The highest BCUT2D eigenvalue weighted by Crippen LogP contribution is 2.48. The van der Waals surface area contributed by atoms with E-state index in [-0.39, 0.29) is 0 Å². The van der Waals surface area contributed by atoms with Crippen LogP contribution in [0, 0.1) is 0 Å². The molecule has 0 saturated carbocycles. The van der Waals surface area contributed by atoms with E-state index in [4.69, 9.17) is 4.74 Å². The van der Waals surface area contributed by atoms with Crippen molar-refractivity contribution < 1.29 is 40.7 Å². The molecular formula is C26H25F6N3O3. The molecule has 0 unspecified atom stereocenters. The van der Waals surface area contributed by atoms with Crippen LogP contribution in [0.3, 0.4) is 0 Å². The zero-order valence-corrected chi connectivity index (χ0v) is 20.2. The molecule has 4 aliphatic rings. The third kappa shape index (κ3) is 4.98.